The Labute approximate surface area is 82.5 Å². The van der Waals surface area contributed by atoms with Crippen LogP contribution in [0.15, 0.2) is 18.2 Å². The Morgan fingerprint density at radius 2 is 2.29 bits per heavy atom. The maximum absolute atomic E-state index is 13.3. The predicted molar refractivity (Wildman–Crippen MR) is 51.7 cm³/mol. The molecule has 0 bridgehead atoms. The molecule has 0 heterocycles. The molecule has 2 N–H and O–H groups in total. The van der Waals surface area contributed by atoms with Gasteiger partial charge in [-0.1, -0.05) is 6.07 Å². The van der Waals surface area contributed by atoms with Crippen molar-refractivity contribution in [1.29, 1.82) is 0 Å². The summed E-state index contributed by atoms with van der Waals surface area (Å²) in [6.45, 7) is 0.838. The average molecular weight is 199 g/mol. The molecule has 0 radical (unpaired) electrons. The molecule has 0 spiro atoms. The topological polar surface area (TPSA) is 41.5 Å². The van der Waals surface area contributed by atoms with Crippen LogP contribution in [0.3, 0.4) is 0 Å². The molecule has 0 fully saturated rings. The van der Waals surface area contributed by atoms with Crippen LogP contribution in [0.5, 0.6) is 5.75 Å². The molecule has 0 unspecified atom stereocenters. The van der Waals surface area contributed by atoms with Crippen LogP contribution in [0.25, 0.3) is 0 Å². The minimum atomic E-state index is -0.296. The monoisotopic (exact) mass is 199 g/mol. The van der Waals surface area contributed by atoms with Gasteiger partial charge in [-0.05, 0) is 12.1 Å². The first-order valence-corrected chi connectivity index (χ1v) is 4.42. The largest absolute Gasteiger partial charge is 0.496 e. The van der Waals surface area contributed by atoms with E-state index in [-0.39, 0.29) is 12.4 Å². The molecule has 0 atom stereocenters. The Balaban J connectivity index is 2.72. The van der Waals surface area contributed by atoms with Crippen LogP contribution >= 0.6 is 0 Å². The molecule has 0 aliphatic heterocycles. The lowest BCUT2D eigenvalue weighted by Crippen LogP contribution is -2.18. The van der Waals surface area contributed by atoms with Crippen molar-refractivity contribution >= 4 is 0 Å². The van der Waals surface area contributed by atoms with E-state index in [2.05, 4.69) is 5.32 Å². The summed E-state index contributed by atoms with van der Waals surface area (Å²) in [5.41, 5.74) is 0.489. The fourth-order valence-corrected chi connectivity index (χ4v) is 1.19. The molecule has 78 valence electrons. The van der Waals surface area contributed by atoms with Crippen LogP contribution in [0.2, 0.25) is 0 Å². The first-order valence-electron chi connectivity index (χ1n) is 4.42. The highest BCUT2D eigenvalue weighted by molar-refractivity contribution is 5.34. The fourth-order valence-electron chi connectivity index (χ4n) is 1.19. The Kier molecular flexibility index (Phi) is 4.35. The van der Waals surface area contributed by atoms with Crippen molar-refractivity contribution in [1.82, 2.24) is 5.32 Å². The summed E-state index contributed by atoms with van der Waals surface area (Å²) in [5, 5.41) is 11.4. The SMILES string of the molecule is COc1cccc(F)c1CNCCO. The summed E-state index contributed by atoms with van der Waals surface area (Å²) in [7, 11) is 1.50. The van der Waals surface area contributed by atoms with Crippen molar-refractivity contribution in [3.05, 3.63) is 29.6 Å². The fraction of sp³-hybridized carbons (Fsp3) is 0.400. The molecule has 0 aliphatic rings. The van der Waals surface area contributed by atoms with E-state index in [0.29, 0.717) is 24.4 Å². The highest BCUT2D eigenvalue weighted by Gasteiger charge is 2.07. The van der Waals surface area contributed by atoms with E-state index < -0.39 is 0 Å². The second-order valence-corrected chi connectivity index (χ2v) is 2.82. The average Bonchev–Trinajstić information content (AvgIpc) is 2.20. The maximum Gasteiger partial charge on any atom is 0.131 e. The lowest BCUT2D eigenvalue weighted by Gasteiger charge is -2.09. The van der Waals surface area contributed by atoms with Gasteiger partial charge in [-0.15, -0.1) is 0 Å². The summed E-state index contributed by atoms with van der Waals surface area (Å²) in [6, 6.07) is 4.70. The number of aliphatic hydroxyl groups excluding tert-OH is 1. The quantitative estimate of drug-likeness (QED) is 0.693. The van der Waals surface area contributed by atoms with Gasteiger partial charge in [0, 0.05) is 18.7 Å². The van der Waals surface area contributed by atoms with Crippen LogP contribution in [0.1, 0.15) is 5.56 Å². The van der Waals surface area contributed by atoms with Crippen LogP contribution in [-0.2, 0) is 6.54 Å². The molecule has 0 aliphatic carbocycles. The molecule has 0 aromatic heterocycles. The lowest BCUT2D eigenvalue weighted by atomic mass is 10.2. The number of ether oxygens (including phenoxy) is 1. The zero-order valence-electron chi connectivity index (χ0n) is 8.09. The summed E-state index contributed by atoms with van der Waals surface area (Å²) in [4.78, 5) is 0. The second-order valence-electron chi connectivity index (χ2n) is 2.82. The third-order valence-corrected chi connectivity index (χ3v) is 1.89. The van der Waals surface area contributed by atoms with Gasteiger partial charge in [0.05, 0.1) is 13.7 Å². The highest BCUT2D eigenvalue weighted by atomic mass is 19.1. The summed E-state index contributed by atoms with van der Waals surface area (Å²) < 4.78 is 18.3. The molecule has 1 aromatic rings. The Morgan fingerprint density at radius 3 is 2.93 bits per heavy atom. The first kappa shape index (κ1) is 10.9. The van der Waals surface area contributed by atoms with Gasteiger partial charge in [0.2, 0.25) is 0 Å². The zero-order chi connectivity index (χ0) is 10.4. The summed E-state index contributed by atoms with van der Waals surface area (Å²) in [5.74, 6) is 0.227. The summed E-state index contributed by atoms with van der Waals surface area (Å²) in [6.07, 6.45) is 0. The van der Waals surface area contributed by atoms with Crippen molar-refractivity contribution < 1.29 is 14.2 Å². The molecule has 4 heteroatoms. The van der Waals surface area contributed by atoms with E-state index in [0.717, 1.165) is 0 Å². The van der Waals surface area contributed by atoms with Gasteiger partial charge in [-0.2, -0.15) is 0 Å². The number of methoxy groups -OCH3 is 1. The van der Waals surface area contributed by atoms with Gasteiger partial charge in [0.25, 0.3) is 0 Å². The van der Waals surface area contributed by atoms with Gasteiger partial charge < -0.3 is 15.2 Å². The van der Waals surface area contributed by atoms with E-state index in [9.17, 15) is 4.39 Å². The number of hydrogen-bond donors (Lipinski definition) is 2. The van der Waals surface area contributed by atoms with Gasteiger partial charge >= 0.3 is 0 Å². The Morgan fingerprint density at radius 1 is 1.50 bits per heavy atom. The van der Waals surface area contributed by atoms with Crippen LogP contribution in [0.4, 0.5) is 4.39 Å². The third-order valence-electron chi connectivity index (χ3n) is 1.89. The molecular weight excluding hydrogens is 185 g/mol. The summed E-state index contributed by atoms with van der Waals surface area (Å²) >= 11 is 0. The van der Waals surface area contributed by atoms with Crippen LogP contribution < -0.4 is 10.1 Å². The molecule has 3 nitrogen and oxygen atoms in total. The first-order chi connectivity index (χ1) is 6.79. The minimum Gasteiger partial charge on any atom is -0.496 e. The van der Waals surface area contributed by atoms with Gasteiger partial charge in [-0.3, -0.25) is 0 Å². The zero-order valence-corrected chi connectivity index (χ0v) is 8.09. The normalized spacial score (nSPS) is 10.2. The van der Waals surface area contributed by atoms with E-state index in [1.165, 1.54) is 13.2 Å². The predicted octanol–water partition coefficient (Wildman–Crippen LogP) is 0.916. The number of rotatable bonds is 5. The number of nitrogens with one attached hydrogen (secondary N) is 1. The minimum absolute atomic E-state index is 0.0385. The van der Waals surface area contributed by atoms with E-state index in [1.54, 1.807) is 12.1 Å². The van der Waals surface area contributed by atoms with Gasteiger partial charge in [0.15, 0.2) is 0 Å². The van der Waals surface area contributed by atoms with Gasteiger partial charge in [0.1, 0.15) is 11.6 Å². The number of aliphatic hydroxyl groups is 1. The van der Waals surface area contributed by atoms with E-state index in [1.807, 2.05) is 0 Å². The standard InChI is InChI=1S/C10H14FNO2/c1-14-10-4-2-3-9(11)8(10)7-12-5-6-13/h2-4,12-13H,5-7H2,1H3. The molecule has 1 aromatic carbocycles. The number of benzene rings is 1. The Bertz CT molecular complexity index is 291. The molecule has 1 rings (SSSR count). The molecule has 0 saturated heterocycles. The Hall–Kier alpha value is -1.13. The molecule has 0 saturated carbocycles. The van der Waals surface area contributed by atoms with Crippen molar-refractivity contribution in [2.45, 2.75) is 6.54 Å². The van der Waals surface area contributed by atoms with Crippen molar-refractivity contribution in [3.8, 4) is 5.75 Å². The smallest absolute Gasteiger partial charge is 0.131 e. The van der Waals surface area contributed by atoms with E-state index >= 15 is 0 Å². The van der Waals surface area contributed by atoms with Crippen LogP contribution in [0, 0.1) is 5.82 Å². The van der Waals surface area contributed by atoms with Crippen molar-refractivity contribution in [2.24, 2.45) is 0 Å². The molecular formula is C10H14FNO2. The second kappa shape index (κ2) is 5.57. The molecule has 0 amide bonds. The number of hydrogen-bond acceptors (Lipinski definition) is 3. The lowest BCUT2D eigenvalue weighted by molar-refractivity contribution is 0.291. The maximum atomic E-state index is 13.3. The van der Waals surface area contributed by atoms with Crippen LogP contribution in [-0.4, -0.2) is 25.4 Å². The van der Waals surface area contributed by atoms with Crippen molar-refractivity contribution in [2.75, 3.05) is 20.3 Å². The van der Waals surface area contributed by atoms with E-state index in [4.69, 9.17) is 9.84 Å². The number of halogens is 1. The van der Waals surface area contributed by atoms with Gasteiger partial charge in [-0.25, -0.2) is 4.39 Å². The van der Waals surface area contributed by atoms with Crippen molar-refractivity contribution in [3.63, 3.8) is 0 Å². The molecule has 14 heavy (non-hydrogen) atoms. The third kappa shape index (κ3) is 2.68. The highest BCUT2D eigenvalue weighted by Crippen LogP contribution is 2.20.